The van der Waals surface area contributed by atoms with Crippen LogP contribution in [0.15, 0.2) is 0 Å². The van der Waals surface area contributed by atoms with Gasteiger partial charge < -0.3 is 15.0 Å². The molecule has 0 aliphatic rings. The molecule has 0 spiro atoms. The van der Waals surface area contributed by atoms with E-state index in [1.54, 1.807) is 0 Å². The van der Waals surface area contributed by atoms with E-state index in [9.17, 15) is 9.90 Å². The minimum absolute atomic E-state index is 0. The van der Waals surface area contributed by atoms with Gasteiger partial charge in [-0.05, 0) is 6.92 Å². The summed E-state index contributed by atoms with van der Waals surface area (Å²) in [7, 11) is 0. The minimum atomic E-state index is -1.44. The molecule has 0 bridgehead atoms. The van der Waals surface area contributed by atoms with Gasteiger partial charge in [-0.15, -0.1) is 0 Å². The first kappa shape index (κ1) is 16.1. The van der Waals surface area contributed by atoms with Gasteiger partial charge in [-0.2, -0.15) is 0 Å². The number of rotatable bonds is 1. The van der Waals surface area contributed by atoms with Gasteiger partial charge in [-0.25, -0.2) is 0 Å². The van der Waals surface area contributed by atoms with Crippen molar-refractivity contribution in [3.63, 3.8) is 0 Å². The molecule has 0 saturated carbocycles. The third-order valence-electron chi connectivity index (χ3n) is 0.341. The SMILES string of the molecule is CC(O)C(=O)[O-].[Na+].[Sb+3]. The van der Waals surface area contributed by atoms with Gasteiger partial charge in [-0.1, -0.05) is 0 Å². The van der Waals surface area contributed by atoms with Gasteiger partial charge in [0, 0.05) is 0 Å². The molecule has 38 valence electrons. The first-order valence-corrected chi connectivity index (χ1v) is 1.53. The number of carbonyl (C=O) groups is 1. The third kappa shape index (κ3) is 10.3. The standard InChI is InChI=1S/C3H6O3.Na.Sb/c1-2(4)3(5)6;;/h2,4H,1H3,(H,5,6);;/q;+1;+3/p-1. The predicted octanol–water partition coefficient (Wildman–Crippen LogP) is -5.26. The number of aliphatic carboxylic acids is 1. The van der Waals surface area contributed by atoms with Gasteiger partial charge >= 0.3 is 54.0 Å². The van der Waals surface area contributed by atoms with Crippen LogP contribution in [0.3, 0.4) is 0 Å². The maximum atomic E-state index is 9.34. The summed E-state index contributed by atoms with van der Waals surface area (Å²) < 4.78 is 0. The number of carboxylic acids is 1. The van der Waals surface area contributed by atoms with E-state index in [1.807, 2.05) is 0 Å². The number of carboxylic acid groups (broad SMARTS) is 1. The molecule has 1 atom stereocenters. The molecule has 0 amide bonds. The summed E-state index contributed by atoms with van der Waals surface area (Å²) in [5.74, 6) is -1.44. The summed E-state index contributed by atoms with van der Waals surface area (Å²) in [5.41, 5.74) is 0. The van der Waals surface area contributed by atoms with Crippen molar-refractivity contribution in [2.45, 2.75) is 13.0 Å². The van der Waals surface area contributed by atoms with Gasteiger partial charge in [0.25, 0.3) is 0 Å². The van der Waals surface area contributed by atoms with Crippen LogP contribution in [-0.4, -0.2) is 41.6 Å². The van der Waals surface area contributed by atoms with E-state index in [2.05, 4.69) is 0 Å². The second kappa shape index (κ2) is 8.25. The normalized spacial score (nSPS) is 10.2. The largest absolute Gasteiger partial charge is 3.00 e. The topological polar surface area (TPSA) is 60.4 Å². The van der Waals surface area contributed by atoms with Crippen LogP contribution in [-0.2, 0) is 4.79 Å². The Labute approximate surface area is 87.2 Å². The van der Waals surface area contributed by atoms with Gasteiger partial charge in [0.05, 0.1) is 12.1 Å². The van der Waals surface area contributed by atoms with E-state index >= 15 is 0 Å². The number of carbonyl (C=O) groups excluding carboxylic acids is 1. The molecule has 0 rings (SSSR count). The molecule has 0 aliphatic carbocycles. The number of hydrogen-bond donors (Lipinski definition) is 1. The van der Waals surface area contributed by atoms with Crippen molar-refractivity contribution in [2.24, 2.45) is 0 Å². The molecule has 2 radical (unpaired) electrons. The van der Waals surface area contributed by atoms with Crippen molar-refractivity contribution in [3.05, 3.63) is 0 Å². The fourth-order valence-corrected chi connectivity index (χ4v) is 0. The molecule has 5 heteroatoms. The van der Waals surface area contributed by atoms with E-state index < -0.39 is 12.1 Å². The van der Waals surface area contributed by atoms with E-state index in [0.717, 1.165) is 6.92 Å². The third-order valence-corrected chi connectivity index (χ3v) is 0.341. The summed E-state index contributed by atoms with van der Waals surface area (Å²) in [5, 5.41) is 17.3. The van der Waals surface area contributed by atoms with Crippen LogP contribution >= 0.6 is 0 Å². The maximum Gasteiger partial charge on any atom is 3.00 e. The second-order valence-electron chi connectivity index (χ2n) is 0.995. The molecule has 0 aromatic heterocycles. The Morgan fingerprint density at radius 1 is 1.75 bits per heavy atom. The molecule has 0 fully saturated rings. The molecule has 0 heterocycles. The van der Waals surface area contributed by atoms with Gasteiger partial charge in [0.15, 0.2) is 0 Å². The maximum absolute atomic E-state index is 9.34. The molecule has 0 aromatic carbocycles. The van der Waals surface area contributed by atoms with Crippen LogP contribution in [0.4, 0.5) is 0 Å². The molecular weight excluding hydrogens is 229 g/mol. The molecule has 0 saturated heterocycles. The van der Waals surface area contributed by atoms with Crippen LogP contribution < -0.4 is 34.7 Å². The monoisotopic (exact) mass is 233 g/mol. The Hall–Kier alpha value is 1.25. The fourth-order valence-electron chi connectivity index (χ4n) is 0. The van der Waals surface area contributed by atoms with Crippen molar-refractivity contribution < 1.29 is 44.6 Å². The average molecular weight is 234 g/mol. The van der Waals surface area contributed by atoms with Crippen LogP contribution in [0.2, 0.25) is 0 Å². The summed E-state index contributed by atoms with van der Waals surface area (Å²) in [6.07, 6.45) is -1.34. The van der Waals surface area contributed by atoms with Crippen LogP contribution in [0.25, 0.3) is 0 Å². The van der Waals surface area contributed by atoms with Crippen LogP contribution in [0, 0.1) is 0 Å². The molecule has 0 aromatic rings. The molecule has 1 N–H and O–H groups in total. The van der Waals surface area contributed by atoms with Crippen molar-refractivity contribution in [3.8, 4) is 0 Å². The van der Waals surface area contributed by atoms with Gasteiger partial charge in [-0.3, -0.25) is 0 Å². The van der Waals surface area contributed by atoms with E-state index in [-0.39, 0.29) is 54.0 Å². The molecule has 8 heavy (non-hydrogen) atoms. The summed E-state index contributed by atoms with van der Waals surface area (Å²) >= 11 is 0. The number of hydrogen-bond acceptors (Lipinski definition) is 3. The molecule has 0 aliphatic heterocycles. The van der Waals surface area contributed by atoms with Crippen LogP contribution in [0.1, 0.15) is 6.92 Å². The Morgan fingerprint density at radius 3 is 1.88 bits per heavy atom. The Balaban J connectivity index is -0.000000125. The predicted molar refractivity (Wildman–Crippen MR) is 22.4 cm³/mol. The zero-order valence-electron chi connectivity index (χ0n) is 4.79. The van der Waals surface area contributed by atoms with Crippen molar-refractivity contribution in [1.29, 1.82) is 0 Å². The number of aliphatic hydroxyl groups excluding tert-OH is 1. The van der Waals surface area contributed by atoms with Crippen molar-refractivity contribution in [1.82, 2.24) is 0 Å². The summed E-state index contributed by atoms with van der Waals surface area (Å²) in [6.45, 7) is 1.13. The molecule has 3 nitrogen and oxygen atoms in total. The van der Waals surface area contributed by atoms with E-state index in [1.165, 1.54) is 0 Å². The summed E-state index contributed by atoms with van der Waals surface area (Å²) in [4.78, 5) is 9.34. The molecule has 1 unspecified atom stereocenters. The zero-order chi connectivity index (χ0) is 5.15. The average Bonchev–Trinajstić information content (AvgIpc) is 1.36. The zero-order valence-corrected chi connectivity index (χ0v) is 9.34. The van der Waals surface area contributed by atoms with Crippen molar-refractivity contribution >= 4 is 30.4 Å². The minimum Gasteiger partial charge on any atom is -0.547 e. The first-order chi connectivity index (χ1) is 2.64. The quantitative estimate of drug-likeness (QED) is 0.461. The number of aliphatic hydroxyl groups is 1. The summed E-state index contributed by atoms with van der Waals surface area (Å²) in [6, 6.07) is 0. The molecular formula is C3H5NaO3Sb+3. The van der Waals surface area contributed by atoms with Gasteiger partial charge in [0.1, 0.15) is 0 Å². The van der Waals surface area contributed by atoms with Crippen molar-refractivity contribution in [2.75, 3.05) is 0 Å². The van der Waals surface area contributed by atoms with Gasteiger partial charge in [0.2, 0.25) is 0 Å². The Kier molecular flexibility index (Phi) is 16.6. The fraction of sp³-hybridized carbons (Fsp3) is 0.667. The first-order valence-electron chi connectivity index (χ1n) is 1.53. The Morgan fingerprint density at radius 2 is 1.88 bits per heavy atom. The Bertz CT molecular complexity index is 65.5. The van der Waals surface area contributed by atoms with Crippen LogP contribution in [0.5, 0.6) is 0 Å². The smallest absolute Gasteiger partial charge is 0.547 e. The van der Waals surface area contributed by atoms with E-state index in [0.29, 0.717) is 0 Å². The van der Waals surface area contributed by atoms with E-state index in [4.69, 9.17) is 5.11 Å². The second-order valence-corrected chi connectivity index (χ2v) is 0.995.